The molecule has 0 atom stereocenters. The Morgan fingerprint density at radius 3 is 2.79 bits per heavy atom. The van der Waals surface area contributed by atoms with Crippen molar-refractivity contribution in [3.63, 3.8) is 0 Å². The Labute approximate surface area is 198 Å². The number of hydrogen-bond donors (Lipinski definition) is 1. The summed E-state index contributed by atoms with van der Waals surface area (Å²) in [6.45, 7) is 3.06. The third kappa shape index (κ3) is 3.34. The molecule has 4 aromatic heterocycles. The van der Waals surface area contributed by atoms with Gasteiger partial charge < -0.3 is 19.5 Å². The van der Waals surface area contributed by atoms with Crippen LogP contribution in [0.4, 0.5) is 5.82 Å². The molecule has 0 unspecified atom stereocenters. The Kier molecular flexibility index (Phi) is 5.04. The molecule has 0 radical (unpaired) electrons. The molecule has 1 aliphatic rings. The van der Waals surface area contributed by atoms with Crippen molar-refractivity contribution in [1.29, 1.82) is 0 Å². The molecule has 9 nitrogen and oxygen atoms in total. The molecular weight excluding hydrogens is 452 g/mol. The Bertz CT molecular complexity index is 1610. The average molecular weight is 475 g/mol. The van der Waals surface area contributed by atoms with Gasteiger partial charge in [0.25, 0.3) is 5.91 Å². The fourth-order valence-corrected chi connectivity index (χ4v) is 5.54. The van der Waals surface area contributed by atoms with Gasteiger partial charge in [-0.15, -0.1) is 11.3 Å². The number of nitrogens with zero attached hydrogens (tertiary/aromatic N) is 5. The van der Waals surface area contributed by atoms with Gasteiger partial charge >= 0.3 is 0 Å². The number of anilines is 1. The molecule has 0 aliphatic carbocycles. The van der Waals surface area contributed by atoms with Gasteiger partial charge in [0.2, 0.25) is 5.43 Å². The maximum Gasteiger partial charge on any atom is 0.258 e. The molecule has 0 spiro atoms. The number of pyridine rings is 2. The van der Waals surface area contributed by atoms with Crippen molar-refractivity contribution in [2.75, 3.05) is 31.2 Å². The number of carbonyl (C=O) groups excluding carboxylic acids is 1. The first kappa shape index (κ1) is 20.8. The van der Waals surface area contributed by atoms with Gasteiger partial charge in [0, 0.05) is 26.3 Å². The van der Waals surface area contributed by atoms with E-state index in [-0.39, 0.29) is 17.5 Å². The monoisotopic (exact) mass is 474 g/mol. The Hall–Kier alpha value is -3.76. The highest BCUT2D eigenvalue weighted by Crippen LogP contribution is 2.31. The highest BCUT2D eigenvalue weighted by molar-refractivity contribution is 7.24. The standard InChI is InChI=1S/C24H22N6O3S/c1-28-14-25-12-15(28)13-26-23(32)20-21(31)16-6-7-19(29-8-10-33-11-9-29)27-22(16)30-17-4-2-3-5-18(17)34-24(20)30/h2-7,12,14H,8-11,13H2,1H3,(H,26,32). The van der Waals surface area contributed by atoms with Crippen LogP contribution >= 0.6 is 11.3 Å². The van der Waals surface area contributed by atoms with E-state index >= 15 is 0 Å². The van der Waals surface area contributed by atoms with Gasteiger partial charge in [-0.05, 0) is 24.3 Å². The predicted molar refractivity (Wildman–Crippen MR) is 132 cm³/mol. The van der Waals surface area contributed by atoms with Crippen LogP contribution in [-0.2, 0) is 18.3 Å². The number of ether oxygens (including phenoxy) is 1. The number of aryl methyl sites for hydroxylation is 1. The quantitative estimate of drug-likeness (QED) is 0.430. The number of morpholine rings is 1. The van der Waals surface area contributed by atoms with Crippen LogP contribution in [0.5, 0.6) is 0 Å². The van der Waals surface area contributed by atoms with E-state index in [0.717, 1.165) is 34.8 Å². The molecule has 1 aliphatic heterocycles. The number of carbonyl (C=O) groups is 1. The lowest BCUT2D eigenvalue weighted by Crippen LogP contribution is -2.36. The lowest BCUT2D eigenvalue weighted by Gasteiger charge is -2.27. The zero-order valence-electron chi connectivity index (χ0n) is 18.5. The normalized spacial score (nSPS) is 14.3. The van der Waals surface area contributed by atoms with E-state index in [1.807, 2.05) is 46.3 Å². The summed E-state index contributed by atoms with van der Waals surface area (Å²) in [5.41, 5.74) is 2.14. The molecule has 1 aromatic carbocycles. The van der Waals surface area contributed by atoms with E-state index < -0.39 is 5.91 Å². The fourth-order valence-electron chi connectivity index (χ4n) is 4.36. The predicted octanol–water partition coefficient (Wildman–Crippen LogP) is 2.56. The first-order valence-corrected chi connectivity index (χ1v) is 11.9. The maximum atomic E-state index is 13.6. The van der Waals surface area contributed by atoms with Crippen molar-refractivity contribution in [3.8, 4) is 0 Å². The maximum absolute atomic E-state index is 13.6. The summed E-state index contributed by atoms with van der Waals surface area (Å²) in [7, 11) is 1.86. The number of rotatable bonds is 4. The number of nitrogens with one attached hydrogen (secondary N) is 1. The molecule has 6 rings (SSSR count). The van der Waals surface area contributed by atoms with E-state index in [9.17, 15) is 9.59 Å². The summed E-state index contributed by atoms with van der Waals surface area (Å²) in [5, 5.41) is 3.32. The summed E-state index contributed by atoms with van der Waals surface area (Å²) in [4.78, 5) is 38.7. The van der Waals surface area contributed by atoms with Crippen molar-refractivity contribution >= 4 is 49.1 Å². The van der Waals surface area contributed by atoms with Gasteiger partial charge in [0.05, 0.1) is 47.4 Å². The second-order valence-corrected chi connectivity index (χ2v) is 9.26. The molecule has 1 N–H and O–H groups in total. The van der Waals surface area contributed by atoms with E-state index in [0.29, 0.717) is 29.1 Å². The number of para-hydroxylation sites is 1. The van der Waals surface area contributed by atoms with Gasteiger partial charge in [-0.2, -0.15) is 0 Å². The number of hydrogen-bond acceptors (Lipinski definition) is 7. The third-order valence-electron chi connectivity index (χ3n) is 6.18. The summed E-state index contributed by atoms with van der Waals surface area (Å²) in [5.74, 6) is 0.391. The Morgan fingerprint density at radius 2 is 2.00 bits per heavy atom. The Morgan fingerprint density at radius 1 is 1.18 bits per heavy atom. The van der Waals surface area contributed by atoms with Crippen LogP contribution in [0.2, 0.25) is 0 Å². The summed E-state index contributed by atoms with van der Waals surface area (Å²) in [6.07, 6.45) is 3.37. The van der Waals surface area contributed by atoms with Crippen molar-refractivity contribution in [2.24, 2.45) is 7.05 Å². The van der Waals surface area contributed by atoms with E-state index in [1.165, 1.54) is 11.3 Å². The lowest BCUT2D eigenvalue weighted by atomic mass is 10.1. The number of thiazole rings is 1. The van der Waals surface area contributed by atoms with Crippen molar-refractivity contribution in [2.45, 2.75) is 6.54 Å². The smallest absolute Gasteiger partial charge is 0.258 e. The topological polar surface area (TPSA) is 93.8 Å². The van der Waals surface area contributed by atoms with Gasteiger partial charge in [0.15, 0.2) is 5.65 Å². The van der Waals surface area contributed by atoms with Gasteiger partial charge in [-0.3, -0.25) is 14.0 Å². The molecule has 1 fully saturated rings. The molecule has 1 saturated heterocycles. The molecule has 34 heavy (non-hydrogen) atoms. The number of aromatic nitrogens is 4. The zero-order valence-corrected chi connectivity index (χ0v) is 19.3. The van der Waals surface area contributed by atoms with Crippen LogP contribution in [0.15, 0.2) is 53.7 Å². The minimum Gasteiger partial charge on any atom is -0.378 e. The molecule has 5 aromatic rings. The number of fused-ring (bicyclic) bond motifs is 5. The second-order valence-electron chi connectivity index (χ2n) is 8.23. The van der Waals surface area contributed by atoms with Crippen molar-refractivity contribution in [1.82, 2.24) is 24.3 Å². The average Bonchev–Trinajstić information content (AvgIpc) is 3.46. The summed E-state index contributed by atoms with van der Waals surface area (Å²) in [6, 6.07) is 11.5. The summed E-state index contributed by atoms with van der Waals surface area (Å²) < 4.78 is 10.2. The molecular formula is C24H22N6O3S. The number of benzene rings is 1. The van der Waals surface area contributed by atoms with Crippen LogP contribution in [0.3, 0.4) is 0 Å². The van der Waals surface area contributed by atoms with Crippen molar-refractivity contribution in [3.05, 3.63) is 70.4 Å². The van der Waals surface area contributed by atoms with Crippen LogP contribution < -0.4 is 15.6 Å². The first-order valence-electron chi connectivity index (χ1n) is 11.0. The minimum atomic E-state index is -0.408. The highest BCUT2D eigenvalue weighted by Gasteiger charge is 2.23. The van der Waals surface area contributed by atoms with E-state index in [4.69, 9.17) is 9.72 Å². The SMILES string of the molecule is Cn1cncc1CNC(=O)c1c(=O)c2ccc(N3CCOCC3)nc2n2c1sc1ccccc12. The molecule has 172 valence electrons. The van der Waals surface area contributed by atoms with Crippen LogP contribution in [0, 0.1) is 0 Å². The molecule has 0 saturated carbocycles. The molecule has 0 bridgehead atoms. The van der Waals surface area contributed by atoms with Crippen LogP contribution in [0.1, 0.15) is 16.1 Å². The number of amides is 1. The highest BCUT2D eigenvalue weighted by atomic mass is 32.1. The van der Waals surface area contributed by atoms with Crippen LogP contribution in [0.25, 0.3) is 26.1 Å². The molecule has 10 heteroatoms. The summed E-state index contributed by atoms with van der Waals surface area (Å²) >= 11 is 1.42. The zero-order chi connectivity index (χ0) is 23.2. The van der Waals surface area contributed by atoms with E-state index in [1.54, 1.807) is 18.6 Å². The second kappa shape index (κ2) is 8.23. The lowest BCUT2D eigenvalue weighted by molar-refractivity contribution is 0.0951. The minimum absolute atomic E-state index is 0.136. The van der Waals surface area contributed by atoms with Gasteiger partial charge in [-0.25, -0.2) is 9.97 Å². The first-order chi connectivity index (χ1) is 16.6. The molecule has 1 amide bonds. The fraction of sp³-hybridized carbons (Fsp3) is 0.250. The van der Waals surface area contributed by atoms with Gasteiger partial charge in [0.1, 0.15) is 16.2 Å². The third-order valence-corrected chi connectivity index (χ3v) is 7.33. The molecule has 5 heterocycles. The van der Waals surface area contributed by atoms with Crippen LogP contribution in [-0.4, -0.2) is 51.1 Å². The largest absolute Gasteiger partial charge is 0.378 e. The van der Waals surface area contributed by atoms with Gasteiger partial charge in [-0.1, -0.05) is 12.1 Å². The van der Waals surface area contributed by atoms with E-state index in [2.05, 4.69) is 15.2 Å². The van der Waals surface area contributed by atoms with Crippen molar-refractivity contribution < 1.29 is 9.53 Å². The Balaban J connectivity index is 1.55. The number of imidazole rings is 1.